The van der Waals surface area contributed by atoms with E-state index in [2.05, 4.69) is 5.32 Å². The largest absolute Gasteiger partial charge is 0.398 e. The number of nitrogens with two attached hydrogens (primary N) is 2. The van der Waals surface area contributed by atoms with Crippen molar-refractivity contribution in [1.82, 2.24) is 0 Å². The summed E-state index contributed by atoms with van der Waals surface area (Å²) in [4.78, 5) is 11.2. The number of hydrogen-bond acceptors (Lipinski definition) is 3. The van der Waals surface area contributed by atoms with E-state index in [0.29, 0.717) is 18.5 Å². The van der Waals surface area contributed by atoms with E-state index in [0.717, 1.165) is 6.07 Å². The molecule has 2 aromatic rings. The number of primary amides is 1. The van der Waals surface area contributed by atoms with Crippen molar-refractivity contribution in [3.8, 4) is 0 Å². The van der Waals surface area contributed by atoms with Gasteiger partial charge in [0.05, 0.1) is 11.3 Å². The summed E-state index contributed by atoms with van der Waals surface area (Å²) in [5, 5.41) is 2.81. The van der Waals surface area contributed by atoms with Gasteiger partial charge in [0, 0.05) is 12.2 Å². The SMILES string of the molecule is NC(=O)c1cc(NCCc2ccccc2F)c(F)cc1N. The van der Waals surface area contributed by atoms with Crippen LogP contribution in [0.15, 0.2) is 36.4 Å². The minimum Gasteiger partial charge on any atom is -0.398 e. The topological polar surface area (TPSA) is 81.1 Å². The van der Waals surface area contributed by atoms with Gasteiger partial charge in [-0.05, 0) is 30.2 Å². The van der Waals surface area contributed by atoms with Crippen LogP contribution in [0.1, 0.15) is 15.9 Å². The Labute approximate surface area is 120 Å². The molecule has 1 amide bonds. The number of anilines is 2. The minimum atomic E-state index is -0.732. The summed E-state index contributed by atoms with van der Waals surface area (Å²) in [6, 6.07) is 8.65. The van der Waals surface area contributed by atoms with Crippen LogP contribution in [0.25, 0.3) is 0 Å². The predicted octanol–water partition coefficient (Wildman–Crippen LogP) is 2.30. The van der Waals surface area contributed by atoms with Gasteiger partial charge in [-0.1, -0.05) is 18.2 Å². The molecule has 21 heavy (non-hydrogen) atoms. The first-order chi connectivity index (χ1) is 9.99. The van der Waals surface area contributed by atoms with E-state index in [1.807, 2.05) is 0 Å². The van der Waals surface area contributed by atoms with Crippen molar-refractivity contribution >= 4 is 17.3 Å². The number of amides is 1. The Balaban J connectivity index is 2.08. The van der Waals surface area contributed by atoms with E-state index in [4.69, 9.17) is 11.5 Å². The molecule has 0 saturated carbocycles. The van der Waals surface area contributed by atoms with Crippen LogP contribution in [0.5, 0.6) is 0 Å². The molecule has 0 saturated heterocycles. The van der Waals surface area contributed by atoms with E-state index < -0.39 is 11.7 Å². The molecule has 0 aliphatic carbocycles. The van der Waals surface area contributed by atoms with Crippen LogP contribution in [0.4, 0.5) is 20.2 Å². The van der Waals surface area contributed by atoms with Crippen molar-refractivity contribution < 1.29 is 13.6 Å². The summed E-state index contributed by atoms with van der Waals surface area (Å²) in [5.41, 5.74) is 11.3. The number of carbonyl (C=O) groups excluding carboxylic acids is 1. The standard InChI is InChI=1S/C15H15F2N3O/c16-11-4-2-1-3-9(11)5-6-20-14-7-10(15(19)21)13(18)8-12(14)17/h1-4,7-8,20H,5-6,18H2,(H2,19,21). The lowest BCUT2D eigenvalue weighted by Crippen LogP contribution is -2.15. The van der Waals surface area contributed by atoms with E-state index in [9.17, 15) is 13.6 Å². The van der Waals surface area contributed by atoms with Crippen molar-refractivity contribution in [1.29, 1.82) is 0 Å². The zero-order valence-corrected chi connectivity index (χ0v) is 11.2. The van der Waals surface area contributed by atoms with Gasteiger partial charge in [-0.25, -0.2) is 8.78 Å². The smallest absolute Gasteiger partial charge is 0.250 e. The van der Waals surface area contributed by atoms with E-state index in [1.54, 1.807) is 18.2 Å². The third-order valence-electron chi connectivity index (χ3n) is 3.07. The average molecular weight is 291 g/mol. The summed E-state index contributed by atoms with van der Waals surface area (Å²) < 4.78 is 27.2. The number of carbonyl (C=O) groups is 1. The number of halogens is 2. The normalized spacial score (nSPS) is 10.4. The second-order valence-corrected chi connectivity index (χ2v) is 4.55. The van der Waals surface area contributed by atoms with Gasteiger partial charge in [-0.15, -0.1) is 0 Å². The van der Waals surface area contributed by atoms with Crippen LogP contribution in [-0.4, -0.2) is 12.5 Å². The number of benzene rings is 2. The summed E-state index contributed by atoms with van der Waals surface area (Å²) in [6.45, 7) is 0.306. The third kappa shape index (κ3) is 3.47. The van der Waals surface area contributed by atoms with Crippen molar-refractivity contribution in [3.05, 3.63) is 59.2 Å². The maximum atomic E-state index is 13.7. The highest BCUT2D eigenvalue weighted by atomic mass is 19.1. The van der Waals surface area contributed by atoms with E-state index in [1.165, 1.54) is 12.1 Å². The first kappa shape index (κ1) is 14.8. The highest BCUT2D eigenvalue weighted by molar-refractivity contribution is 5.99. The highest BCUT2D eigenvalue weighted by Crippen LogP contribution is 2.22. The van der Waals surface area contributed by atoms with Gasteiger partial charge in [-0.2, -0.15) is 0 Å². The molecule has 0 atom stereocenters. The molecule has 0 aliphatic rings. The molecule has 2 aromatic carbocycles. The molecule has 0 bridgehead atoms. The van der Waals surface area contributed by atoms with Crippen LogP contribution in [0.2, 0.25) is 0 Å². The molecular weight excluding hydrogens is 276 g/mol. The molecular formula is C15H15F2N3O. The zero-order valence-electron chi connectivity index (χ0n) is 11.2. The summed E-state index contributed by atoms with van der Waals surface area (Å²) >= 11 is 0. The van der Waals surface area contributed by atoms with Gasteiger partial charge in [0.15, 0.2) is 0 Å². The molecule has 0 aliphatic heterocycles. The fourth-order valence-corrected chi connectivity index (χ4v) is 1.97. The summed E-state index contributed by atoms with van der Waals surface area (Å²) in [6.07, 6.45) is 0.377. The third-order valence-corrected chi connectivity index (χ3v) is 3.07. The Morgan fingerprint density at radius 2 is 1.86 bits per heavy atom. The predicted molar refractivity (Wildman–Crippen MR) is 77.9 cm³/mol. The van der Waals surface area contributed by atoms with E-state index >= 15 is 0 Å². The number of nitrogen functional groups attached to an aromatic ring is 1. The number of hydrogen-bond donors (Lipinski definition) is 3. The molecule has 110 valence electrons. The molecule has 0 fully saturated rings. The van der Waals surface area contributed by atoms with Gasteiger partial charge in [0.2, 0.25) is 0 Å². The first-order valence-corrected chi connectivity index (χ1v) is 6.35. The Morgan fingerprint density at radius 1 is 1.14 bits per heavy atom. The van der Waals surface area contributed by atoms with Gasteiger partial charge in [0.25, 0.3) is 5.91 Å². The monoisotopic (exact) mass is 291 g/mol. The maximum absolute atomic E-state index is 13.7. The highest BCUT2D eigenvalue weighted by Gasteiger charge is 2.11. The second-order valence-electron chi connectivity index (χ2n) is 4.55. The fraction of sp³-hybridized carbons (Fsp3) is 0.133. The number of rotatable bonds is 5. The lowest BCUT2D eigenvalue weighted by molar-refractivity contribution is 0.100. The fourth-order valence-electron chi connectivity index (χ4n) is 1.97. The zero-order chi connectivity index (χ0) is 15.4. The molecule has 0 heterocycles. The van der Waals surface area contributed by atoms with Gasteiger partial charge >= 0.3 is 0 Å². The molecule has 4 nitrogen and oxygen atoms in total. The van der Waals surface area contributed by atoms with Crippen molar-refractivity contribution in [3.63, 3.8) is 0 Å². The Morgan fingerprint density at radius 3 is 2.52 bits per heavy atom. The van der Waals surface area contributed by atoms with Gasteiger partial charge in [-0.3, -0.25) is 4.79 Å². The molecule has 6 heteroatoms. The van der Waals surface area contributed by atoms with Crippen LogP contribution in [0, 0.1) is 11.6 Å². The summed E-state index contributed by atoms with van der Waals surface area (Å²) in [7, 11) is 0. The number of nitrogens with one attached hydrogen (secondary N) is 1. The lowest BCUT2D eigenvalue weighted by Gasteiger charge is -2.11. The molecule has 2 rings (SSSR count). The van der Waals surface area contributed by atoms with Gasteiger partial charge < -0.3 is 16.8 Å². The van der Waals surface area contributed by atoms with Crippen molar-refractivity contribution in [2.75, 3.05) is 17.6 Å². The molecule has 0 radical (unpaired) electrons. The Hall–Kier alpha value is -2.63. The van der Waals surface area contributed by atoms with Crippen LogP contribution in [0.3, 0.4) is 0 Å². The quantitative estimate of drug-likeness (QED) is 0.739. The van der Waals surface area contributed by atoms with Crippen molar-refractivity contribution in [2.45, 2.75) is 6.42 Å². The Kier molecular flexibility index (Phi) is 4.37. The average Bonchev–Trinajstić information content (AvgIpc) is 2.42. The molecule has 5 N–H and O–H groups in total. The second kappa shape index (κ2) is 6.21. The van der Waals surface area contributed by atoms with Crippen LogP contribution < -0.4 is 16.8 Å². The maximum Gasteiger partial charge on any atom is 0.250 e. The molecule has 0 unspecified atom stereocenters. The van der Waals surface area contributed by atoms with Gasteiger partial charge in [0.1, 0.15) is 11.6 Å². The van der Waals surface area contributed by atoms with Crippen molar-refractivity contribution in [2.24, 2.45) is 5.73 Å². The Bertz CT molecular complexity index is 674. The lowest BCUT2D eigenvalue weighted by atomic mass is 10.1. The minimum absolute atomic E-state index is 0.0142. The van der Waals surface area contributed by atoms with E-state index in [-0.39, 0.29) is 22.8 Å². The molecule has 0 aromatic heterocycles. The van der Waals surface area contributed by atoms with Crippen LogP contribution >= 0.6 is 0 Å². The summed E-state index contributed by atoms with van der Waals surface area (Å²) in [5.74, 6) is -1.63. The first-order valence-electron chi connectivity index (χ1n) is 6.35. The van der Waals surface area contributed by atoms with Crippen LogP contribution in [-0.2, 0) is 6.42 Å². The molecule has 0 spiro atoms.